The fourth-order valence-electron chi connectivity index (χ4n) is 1.73. The highest BCUT2D eigenvalue weighted by Crippen LogP contribution is 2.09. The van der Waals surface area contributed by atoms with Gasteiger partial charge in [-0.1, -0.05) is 18.2 Å². The Morgan fingerprint density at radius 3 is 2.40 bits per heavy atom. The number of carbonyl (C=O) groups excluding carboxylic acids is 2. The summed E-state index contributed by atoms with van der Waals surface area (Å²) in [6.07, 6.45) is 0.186. The second-order valence-electron chi connectivity index (χ2n) is 4.61. The topological polar surface area (TPSA) is 55.8 Å². The number of amides is 1. The van der Waals surface area contributed by atoms with Crippen molar-refractivity contribution in [2.75, 3.05) is 20.3 Å². The number of nitrogens with zero attached hydrogens (tertiary/aromatic N) is 1. The zero-order valence-corrected chi connectivity index (χ0v) is 12.2. The van der Waals surface area contributed by atoms with E-state index in [0.29, 0.717) is 12.3 Å². The number of hydrogen-bond donors (Lipinski definition) is 0. The van der Waals surface area contributed by atoms with Crippen LogP contribution in [0.3, 0.4) is 0 Å². The summed E-state index contributed by atoms with van der Waals surface area (Å²) in [5.74, 6) is 0.178. The van der Waals surface area contributed by atoms with Gasteiger partial charge in [-0.2, -0.15) is 0 Å². The van der Waals surface area contributed by atoms with E-state index in [1.807, 2.05) is 32.0 Å². The standard InChI is InChI=1S/C15H21NO4/c1-12(2)16(10-9-15(18)19-3)14(17)11-20-13-7-5-4-6-8-13/h4-8,12H,9-11H2,1-3H3. The van der Waals surface area contributed by atoms with Crippen molar-refractivity contribution < 1.29 is 19.1 Å². The van der Waals surface area contributed by atoms with Crippen LogP contribution in [0.4, 0.5) is 0 Å². The summed E-state index contributed by atoms with van der Waals surface area (Å²) in [7, 11) is 1.34. The average molecular weight is 279 g/mol. The lowest BCUT2D eigenvalue weighted by atomic mass is 10.2. The van der Waals surface area contributed by atoms with E-state index in [4.69, 9.17) is 4.74 Å². The van der Waals surface area contributed by atoms with Crippen molar-refractivity contribution in [2.24, 2.45) is 0 Å². The number of esters is 1. The molecule has 110 valence electrons. The number of para-hydroxylation sites is 1. The van der Waals surface area contributed by atoms with E-state index < -0.39 is 0 Å². The maximum atomic E-state index is 12.1. The van der Waals surface area contributed by atoms with Crippen molar-refractivity contribution in [3.05, 3.63) is 30.3 Å². The first-order chi connectivity index (χ1) is 9.54. The van der Waals surface area contributed by atoms with Crippen molar-refractivity contribution in [2.45, 2.75) is 26.3 Å². The Kier molecular flexibility index (Phi) is 6.56. The minimum Gasteiger partial charge on any atom is -0.484 e. The predicted octanol–water partition coefficient (Wildman–Crippen LogP) is 1.87. The third-order valence-electron chi connectivity index (χ3n) is 2.83. The van der Waals surface area contributed by atoms with Crippen LogP contribution in [0.5, 0.6) is 5.75 Å². The first kappa shape index (κ1) is 16.0. The average Bonchev–Trinajstić information content (AvgIpc) is 2.45. The molecular formula is C15H21NO4. The van der Waals surface area contributed by atoms with Gasteiger partial charge in [0.25, 0.3) is 5.91 Å². The summed E-state index contributed by atoms with van der Waals surface area (Å²) in [6, 6.07) is 9.16. The molecule has 1 amide bonds. The molecule has 5 nitrogen and oxygen atoms in total. The molecule has 0 bridgehead atoms. The summed E-state index contributed by atoms with van der Waals surface area (Å²) >= 11 is 0. The fourth-order valence-corrected chi connectivity index (χ4v) is 1.73. The zero-order valence-electron chi connectivity index (χ0n) is 12.2. The zero-order chi connectivity index (χ0) is 15.0. The van der Waals surface area contributed by atoms with Crippen LogP contribution in [-0.4, -0.2) is 43.1 Å². The number of rotatable bonds is 7. The molecule has 1 aromatic carbocycles. The molecule has 5 heteroatoms. The van der Waals surface area contributed by atoms with Gasteiger partial charge in [-0.15, -0.1) is 0 Å². The Balaban J connectivity index is 2.49. The molecule has 0 aliphatic carbocycles. The maximum absolute atomic E-state index is 12.1. The Labute approximate surface area is 119 Å². The van der Waals surface area contributed by atoms with Crippen LogP contribution in [0, 0.1) is 0 Å². The molecule has 0 aromatic heterocycles. The molecule has 0 atom stereocenters. The second kappa shape index (κ2) is 8.19. The van der Waals surface area contributed by atoms with Crippen LogP contribution in [0.1, 0.15) is 20.3 Å². The van der Waals surface area contributed by atoms with Crippen LogP contribution in [0.25, 0.3) is 0 Å². The van der Waals surface area contributed by atoms with Gasteiger partial charge in [0.05, 0.1) is 13.5 Å². The van der Waals surface area contributed by atoms with Crippen molar-refractivity contribution >= 4 is 11.9 Å². The van der Waals surface area contributed by atoms with Crippen LogP contribution < -0.4 is 4.74 Å². The van der Waals surface area contributed by atoms with E-state index in [0.717, 1.165) is 0 Å². The first-order valence-corrected chi connectivity index (χ1v) is 6.58. The molecular weight excluding hydrogens is 258 g/mol. The van der Waals surface area contributed by atoms with Crippen LogP contribution in [-0.2, 0) is 14.3 Å². The van der Waals surface area contributed by atoms with E-state index in [-0.39, 0.29) is 30.9 Å². The Morgan fingerprint density at radius 2 is 1.85 bits per heavy atom. The van der Waals surface area contributed by atoms with E-state index >= 15 is 0 Å². The van der Waals surface area contributed by atoms with Gasteiger partial charge in [-0.25, -0.2) is 0 Å². The predicted molar refractivity (Wildman–Crippen MR) is 75.4 cm³/mol. The van der Waals surface area contributed by atoms with Gasteiger partial charge >= 0.3 is 5.97 Å². The number of carbonyl (C=O) groups is 2. The number of ether oxygens (including phenoxy) is 2. The smallest absolute Gasteiger partial charge is 0.307 e. The van der Waals surface area contributed by atoms with Gasteiger partial charge in [-0.05, 0) is 26.0 Å². The van der Waals surface area contributed by atoms with Crippen LogP contribution >= 0.6 is 0 Å². The molecule has 1 aromatic rings. The monoisotopic (exact) mass is 279 g/mol. The maximum Gasteiger partial charge on any atom is 0.307 e. The molecule has 0 fully saturated rings. The summed E-state index contributed by atoms with van der Waals surface area (Å²) in [4.78, 5) is 24.9. The summed E-state index contributed by atoms with van der Waals surface area (Å²) < 4.78 is 10.0. The minimum atomic E-state index is -0.326. The highest BCUT2D eigenvalue weighted by Gasteiger charge is 2.18. The Morgan fingerprint density at radius 1 is 1.20 bits per heavy atom. The number of benzene rings is 1. The molecule has 0 radical (unpaired) electrons. The molecule has 0 aliphatic rings. The lowest BCUT2D eigenvalue weighted by Crippen LogP contribution is -2.41. The van der Waals surface area contributed by atoms with Crippen LogP contribution in [0.2, 0.25) is 0 Å². The highest BCUT2D eigenvalue weighted by molar-refractivity contribution is 5.79. The van der Waals surface area contributed by atoms with Gasteiger partial charge in [0.15, 0.2) is 6.61 Å². The highest BCUT2D eigenvalue weighted by atomic mass is 16.5. The van der Waals surface area contributed by atoms with Gasteiger partial charge in [-0.3, -0.25) is 9.59 Å². The molecule has 20 heavy (non-hydrogen) atoms. The van der Waals surface area contributed by atoms with Crippen molar-refractivity contribution in [3.8, 4) is 5.75 Å². The van der Waals surface area contributed by atoms with E-state index in [1.54, 1.807) is 17.0 Å². The molecule has 0 heterocycles. The third-order valence-corrected chi connectivity index (χ3v) is 2.83. The van der Waals surface area contributed by atoms with Crippen molar-refractivity contribution in [3.63, 3.8) is 0 Å². The van der Waals surface area contributed by atoms with E-state index in [2.05, 4.69) is 4.74 Å². The Hall–Kier alpha value is -2.04. The lowest BCUT2D eigenvalue weighted by molar-refractivity contribution is -0.142. The van der Waals surface area contributed by atoms with E-state index in [9.17, 15) is 9.59 Å². The first-order valence-electron chi connectivity index (χ1n) is 6.58. The van der Waals surface area contributed by atoms with Gasteiger partial charge in [0, 0.05) is 12.6 Å². The fraction of sp³-hybridized carbons (Fsp3) is 0.467. The minimum absolute atomic E-state index is 0.00605. The molecule has 0 aliphatic heterocycles. The van der Waals surface area contributed by atoms with Crippen molar-refractivity contribution in [1.29, 1.82) is 0 Å². The number of methoxy groups -OCH3 is 1. The third kappa shape index (κ3) is 5.30. The molecule has 1 rings (SSSR count). The molecule has 0 N–H and O–H groups in total. The summed E-state index contributed by atoms with van der Waals surface area (Å²) in [6.45, 7) is 4.10. The largest absolute Gasteiger partial charge is 0.484 e. The molecule has 0 unspecified atom stereocenters. The lowest BCUT2D eigenvalue weighted by Gasteiger charge is -2.26. The van der Waals surface area contributed by atoms with Gasteiger partial charge < -0.3 is 14.4 Å². The number of hydrogen-bond acceptors (Lipinski definition) is 4. The Bertz CT molecular complexity index is 431. The summed E-state index contributed by atoms with van der Waals surface area (Å²) in [5, 5.41) is 0. The van der Waals surface area contributed by atoms with Crippen molar-refractivity contribution in [1.82, 2.24) is 4.90 Å². The summed E-state index contributed by atoms with van der Waals surface area (Å²) in [5.41, 5.74) is 0. The molecule has 0 spiro atoms. The SMILES string of the molecule is COC(=O)CCN(C(=O)COc1ccccc1)C(C)C. The quantitative estimate of drug-likeness (QED) is 0.715. The van der Waals surface area contributed by atoms with Crippen LogP contribution in [0.15, 0.2) is 30.3 Å². The van der Waals surface area contributed by atoms with Gasteiger partial charge in [0.1, 0.15) is 5.75 Å². The molecule has 0 saturated carbocycles. The van der Waals surface area contributed by atoms with Gasteiger partial charge in [0.2, 0.25) is 0 Å². The second-order valence-corrected chi connectivity index (χ2v) is 4.61. The molecule has 0 saturated heterocycles. The normalized spacial score (nSPS) is 10.2. The van der Waals surface area contributed by atoms with E-state index in [1.165, 1.54) is 7.11 Å².